The minimum absolute atomic E-state index is 0.0121. The molecule has 2 aliphatic heterocycles. The van der Waals surface area contributed by atoms with Crippen LogP contribution in [-0.2, 0) is 10.0 Å². The van der Waals surface area contributed by atoms with Crippen LogP contribution in [-0.4, -0.2) is 59.3 Å². The third-order valence-electron chi connectivity index (χ3n) is 6.61. The Balaban J connectivity index is 1.34. The van der Waals surface area contributed by atoms with Crippen LogP contribution in [0.15, 0.2) is 47.6 Å². The summed E-state index contributed by atoms with van der Waals surface area (Å²) in [6, 6.07) is 6.41. The van der Waals surface area contributed by atoms with E-state index >= 15 is 0 Å². The lowest BCUT2D eigenvalue weighted by atomic mass is 9.90. The molecule has 4 heterocycles. The van der Waals surface area contributed by atoms with Gasteiger partial charge in [-0.2, -0.15) is 9.40 Å². The Hall–Kier alpha value is -2.85. The van der Waals surface area contributed by atoms with Gasteiger partial charge in [0, 0.05) is 38.4 Å². The number of carbonyl (C=O) groups is 1. The molecule has 2 saturated heterocycles. The van der Waals surface area contributed by atoms with Crippen molar-refractivity contribution in [2.45, 2.75) is 36.5 Å². The molecule has 0 atom stereocenters. The number of pyridine rings is 1. The lowest BCUT2D eigenvalue weighted by Gasteiger charge is -2.31. The molecule has 7 nitrogen and oxygen atoms in total. The number of piperidine rings is 1. The molecule has 0 N–H and O–H groups in total. The number of hydrogen-bond acceptors (Lipinski definition) is 4. The molecule has 5 rings (SSSR count). The Morgan fingerprint density at radius 1 is 1.00 bits per heavy atom. The second kappa shape index (κ2) is 8.49. The molecule has 0 bridgehead atoms. The average Bonchev–Trinajstić information content (AvgIpc) is 3.48. The number of aromatic nitrogens is 2. The van der Waals surface area contributed by atoms with Gasteiger partial charge in [0.15, 0.2) is 0 Å². The van der Waals surface area contributed by atoms with Crippen LogP contribution < -0.4 is 0 Å². The van der Waals surface area contributed by atoms with Crippen LogP contribution >= 0.6 is 0 Å². The Labute approximate surface area is 190 Å². The SMILES string of the molecule is O=C(c1cnn2ccc(C3CCN(S(=O)(=O)c4ccc(F)cc4F)CC3)cc12)N1CCCC1. The van der Waals surface area contributed by atoms with Gasteiger partial charge in [-0.05, 0) is 61.4 Å². The number of sulfonamides is 1. The molecule has 0 saturated carbocycles. The zero-order chi connectivity index (χ0) is 23.2. The molecule has 0 radical (unpaired) electrons. The summed E-state index contributed by atoms with van der Waals surface area (Å²) < 4.78 is 55.9. The molecule has 2 fully saturated rings. The van der Waals surface area contributed by atoms with Crippen molar-refractivity contribution >= 4 is 21.4 Å². The van der Waals surface area contributed by atoms with Gasteiger partial charge in [-0.1, -0.05) is 0 Å². The Kier molecular flexibility index (Phi) is 5.65. The monoisotopic (exact) mass is 474 g/mol. The topological polar surface area (TPSA) is 75.0 Å². The first kappa shape index (κ1) is 22.0. The number of benzene rings is 1. The normalized spacial score (nSPS) is 18.3. The summed E-state index contributed by atoms with van der Waals surface area (Å²) in [5.74, 6) is -1.81. The van der Waals surface area contributed by atoms with Gasteiger partial charge in [0.25, 0.3) is 5.91 Å². The van der Waals surface area contributed by atoms with Crippen molar-refractivity contribution in [3.63, 3.8) is 0 Å². The first-order valence-corrected chi connectivity index (χ1v) is 12.5. The van der Waals surface area contributed by atoms with Crippen molar-refractivity contribution in [3.05, 3.63) is 65.5 Å². The van der Waals surface area contributed by atoms with Crippen LogP contribution in [0.4, 0.5) is 8.78 Å². The van der Waals surface area contributed by atoms with Gasteiger partial charge >= 0.3 is 0 Å². The zero-order valence-corrected chi connectivity index (χ0v) is 18.8. The van der Waals surface area contributed by atoms with Gasteiger partial charge in [-0.15, -0.1) is 0 Å². The highest BCUT2D eigenvalue weighted by Crippen LogP contribution is 2.32. The van der Waals surface area contributed by atoms with Gasteiger partial charge < -0.3 is 4.90 Å². The van der Waals surface area contributed by atoms with Crippen molar-refractivity contribution in [3.8, 4) is 0 Å². The molecule has 0 unspecified atom stereocenters. The first-order chi connectivity index (χ1) is 15.8. The van der Waals surface area contributed by atoms with E-state index in [-0.39, 0.29) is 24.9 Å². The molecule has 174 valence electrons. The second-order valence-corrected chi connectivity index (χ2v) is 10.5. The number of hydrogen-bond donors (Lipinski definition) is 0. The van der Waals surface area contributed by atoms with Gasteiger partial charge in [-0.25, -0.2) is 21.7 Å². The van der Waals surface area contributed by atoms with Crippen molar-refractivity contribution in [1.29, 1.82) is 0 Å². The number of likely N-dealkylation sites (tertiary alicyclic amines) is 1. The summed E-state index contributed by atoms with van der Waals surface area (Å²) in [4.78, 5) is 14.2. The van der Waals surface area contributed by atoms with E-state index in [9.17, 15) is 22.0 Å². The van der Waals surface area contributed by atoms with Crippen LogP contribution in [0.2, 0.25) is 0 Å². The van der Waals surface area contributed by atoms with Crippen molar-refractivity contribution in [2.24, 2.45) is 0 Å². The second-order valence-electron chi connectivity index (χ2n) is 8.60. The quantitative estimate of drug-likeness (QED) is 0.581. The highest BCUT2D eigenvalue weighted by atomic mass is 32.2. The van der Waals surface area contributed by atoms with Crippen molar-refractivity contribution in [1.82, 2.24) is 18.8 Å². The third kappa shape index (κ3) is 4.02. The molecule has 10 heteroatoms. The molecule has 3 aromatic rings. The third-order valence-corrected chi connectivity index (χ3v) is 8.54. The summed E-state index contributed by atoms with van der Waals surface area (Å²) >= 11 is 0. The summed E-state index contributed by atoms with van der Waals surface area (Å²) in [7, 11) is -4.04. The van der Waals surface area contributed by atoms with E-state index in [1.807, 2.05) is 23.2 Å². The maximum atomic E-state index is 14.1. The summed E-state index contributed by atoms with van der Waals surface area (Å²) in [5.41, 5.74) is 2.34. The minimum atomic E-state index is -4.04. The Bertz CT molecular complexity index is 1310. The van der Waals surface area contributed by atoms with E-state index in [1.165, 1.54) is 4.31 Å². The van der Waals surface area contributed by atoms with E-state index in [0.717, 1.165) is 49.1 Å². The van der Waals surface area contributed by atoms with E-state index in [1.54, 1.807) is 10.7 Å². The fourth-order valence-corrected chi connectivity index (χ4v) is 6.27. The average molecular weight is 475 g/mol. The maximum Gasteiger partial charge on any atom is 0.257 e. The summed E-state index contributed by atoms with van der Waals surface area (Å²) in [6.45, 7) is 1.98. The van der Waals surface area contributed by atoms with E-state index in [2.05, 4.69) is 5.10 Å². The zero-order valence-electron chi connectivity index (χ0n) is 18.0. The summed E-state index contributed by atoms with van der Waals surface area (Å²) in [5, 5.41) is 4.31. The van der Waals surface area contributed by atoms with Gasteiger partial charge in [-0.3, -0.25) is 4.79 Å². The fourth-order valence-electron chi connectivity index (χ4n) is 4.76. The molecule has 2 aliphatic rings. The Morgan fingerprint density at radius 3 is 2.42 bits per heavy atom. The smallest absolute Gasteiger partial charge is 0.257 e. The molecule has 1 amide bonds. The molecule has 0 spiro atoms. The van der Waals surface area contributed by atoms with Crippen LogP contribution in [0.5, 0.6) is 0 Å². The molecular formula is C23H24F2N4O3S. The fraction of sp³-hybridized carbons (Fsp3) is 0.391. The number of nitrogens with zero attached hydrogens (tertiary/aromatic N) is 4. The highest BCUT2D eigenvalue weighted by Gasteiger charge is 2.32. The van der Waals surface area contributed by atoms with Gasteiger partial charge in [0.1, 0.15) is 16.5 Å². The number of rotatable bonds is 4. The summed E-state index contributed by atoms with van der Waals surface area (Å²) in [6.07, 6.45) is 6.57. The minimum Gasteiger partial charge on any atom is -0.339 e. The van der Waals surface area contributed by atoms with E-state index in [4.69, 9.17) is 0 Å². The number of halogens is 2. The molecule has 2 aromatic heterocycles. The highest BCUT2D eigenvalue weighted by molar-refractivity contribution is 7.89. The predicted molar refractivity (Wildman–Crippen MR) is 117 cm³/mol. The van der Waals surface area contributed by atoms with Crippen LogP contribution in [0, 0.1) is 11.6 Å². The largest absolute Gasteiger partial charge is 0.339 e. The van der Waals surface area contributed by atoms with E-state index < -0.39 is 26.6 Å². The maximum absolute atomic E-state index is 14.1. The number of amides is 1. The van der Waals surface area contributed by atoms with Crippen molar-refractivity contribution in [2.75, 3.05) is 26.2 Å². The van der Waals surface area contributed by atoms with Gasteiger partial charge in [0.2, 0.25) is 10.0 Å². The van der Waals surface area contributed by atoms with E-state index in [0.29, 0.717) is 24.5 Å². The molecule has 0 aliphatic carbocycles. The van der Waals surface area contributed by atoms with Crippen molar-refractivity contribution < 1.29 is 22.0 Å². The van der Waals surface area contributed by atoms with Crippen LogP contribution in [0.3, 0.4) is 0 Å². The molecule has 1 aromatic carbocycles. The number of carbonyl (C=O) groups excluding carboxylic acids is 1. The Morgan fingerprint density at radius 2 is 1.73 bits per heavy atom. The van der Waals surface area contributed by atoms with Crippen LogP contribution in [0.25, 0.3) is 5.52 Å². The first-order valence-electron chi connectivity index (χ1n) is 11.1. The van der Waals surface area contributed by atoms with Gasteiger partial charge in [0.05, 0.1) is 17.3 Å². The standard InChI is InChI=1S/C23H24F2N4O3S/c24-18-3-4-22(20(25)14-18)33(31,32)28-10-5-16(6-11-28)17-7-12-29-21(13-17)19(15-26-29)23(30)27-8-1-2-9-27/h3-4,7,12-16H,1-2,5-6,8-11H2. The lowest BCUT2D eigenvalue weighted by Crippen LogP contribution is -2.38. The number of fused-ring (bicyclic) bond motifs is 1. The lowest BCUT2D eigenvalue weighted by molar-refractivity contribution is 0.0794. The van der Waals surface area contributed by atoms with Crippen LogP contribution in [0.1, 0.15) is 47.5 Å². The molecule has 33 heavy (non-hydrogen) atoms. The predicted octanol–water partition coefficient (Wildman–Crippen LogP) is 3.42. The molecular weight excluding hydrogens is 450 g/mol.